The third-order valence-corrected chi connectivity index (χ3v) is 3.11. The number of hydrogen-bond acceptors (Lipinski definition) is 2. The third kappa shape index (κ3) is 1.55. The molecule has 0 amide bonds. The molecule has 0 aliphatic rings. The highest BCUT2D eigenvalue weighted by Crippen LogP contribution is 2.37. The molecule has 0 atom stereocenters. The first-order chi connectivity index (χ1) is 6.58. The zero-order chi connectivity index (χ0) is 10.3. The molecular formula is C9H6ClF2NS. The summed E-state index contributed by atoms with van der Waals surface area (Å²) in [6, 6.07) is 4.57. The zero-order valence-electron chi connectivity index (χ0n) is 6.93. The number of thiophene rings is 1. The number of halogens is 3. The monoisotopic (exact) mass is 233 g/mol. The van der Waals surface area contributed by atoms with Gasteiger partial charge in [-0.25, -0.2) is 8.78 Å². The van der Waals surface area contributed by atoms with Crippen molar-refractivity contribution in [2.75, 3.05) is 5.73 Å². The lowest BCUT2D eigenvalue weighted by molar-refractivity contribution is 0.153. The van der Waals surface area contributed by atoms with Crippen LogP contribution >= 0.6 is 22.9 Å². The predicted octanol–water partition coefficient (Wildman–Crippen LogP) is 4.07. The Morgan fingerprint density at radius 3 is 2.64 bits per heavy atom. The van der Waals surface area contributed by atoms with Crippen molar-refractivity contribution in [2.45, 2.75) is 6.43 Å². The van der Waals surface area contributed by atoms with E-state index in [1.807, 2.05) is 0 Å². The van der Waals surface area contributed by atoms with Crippen LogP contribution in [0.4, 0.5) is 13.8 Å². The minimum absolute atomic E-state index is 0.0470. The van der Waals surface area contributed by atoms with Gasteiger partial charge in [-0.05, 0) is 23.6 Å². The second kappa shape index (κ2) is 3.37. The molecule has 0 aliphatic heterocycles. The molecule has 0 bridgehead atoms. The second-order valence-electron chi connectivity index (χ2n) is 2.86. The molecule has 0 fully saturated rings. The van der Waals surface area contributed by atoms with Crippen LogP contribution in [0.25, 0.3) is 10.1 Å². The molecule has 0 saturated carbocycles. The second-order valence-corrected chi connectivity index (χ2v) is 4.38. The minimum Gasteiger partial charge on any atom is -0.391 e. The average Bonchev–Trinajstić information content (AvgIpc) is 2.42. The molecule has 2 rings (SSSR count). The van der Waals surface area contributed by atoms with Gasteiger partial charge in [0.25, 0.3) is 6.43 Å². The Bertz CT molecular complexity index is 481. The summed E-state index contributed by atoms with van der Waals surface area (Å²) < 4.78 is 25.7. The number of hydrogen-bond donors (Lipinski definition) is 1. The number of alkyl halides is 2. The SMILES string of the molecule is Nc1cc2cc(Cl)cc(C(F)F)c2s1. The van der Waals surface area contributed by atoms with E-state index in [-0.39, 0.29) is 5.56 Å². The van der Waals surface area contributed by atoms with E-state index < -0.39 is 6.43 Å². The Morgan fingerprint density at radius 1 is 1.29 bits per heavy atom. The first kappa shape index (κ1) is 9.68. The van der Waals surface area contributed by atoms with Crippen molar-refractivity contribution in [1.29, 1.82) is 0 Å². The first-order valence-electron chi connectivity index (χ1n) is 3.84. The summed E-state index contributed by atoms with van der Waals surface area (Å²) in [4.78, 5) is 0. The fourth-order valence-corrected chi connectivity index (χ4v) is 2.48. The average molecular weight is 234 g/mol. The van der Waals surface area contributed by atoms with Gasteiger partial charge in [-0.1, -0.05) is 11.6 Å². The lowest BCUT2D eigenvalue weighted by Crippen LogP contribution is -1.83. The van der Waals surface area contributed by atoms with Crippen LogP contribution in [0.5, 0.6) is 0 Å². The van der Waals surface area contributed by atoms with Gasteiger partial charge in [-0.2, -0.15) is 0 Å². The van der Waals surface area contributed by atoms with Crippen molar-refractivity contribution in [1.82, 2.24) is 0 Å². The lowest BCUT2D eigenvalue weighted by atomic mass is 10.2. The Morgan fingerprint density at radius 2 is 2.00 bits per heavy atom. The minimum atomic E-state index is -2.52. The molecule has 5 heteroatoms. The maximum atomic E-state index is 12.6. The van der Waals surface area contributed by atoms with E-state index in [2.05, 4.69) is 0 Å². The first-order valence-corrected chi connectivity index (χ1v) is 5.04. The Kier molecular flexibility index (Phi) is 2.33. The number of anilines is 1. The molecule has 1 aromatic heterocycles. The fraction of sp³-hybridized carbons (Fsp3) is 0.111. The summed E-state index contributed by atoms with van der Waals surface area (Å²) in [5.74, 6) is 0. The van der Waals surface area contributed by atoms with Crippen LogP contribution in [0, 0.1) is 0 Å². The Balaban J connectivity index is 2.79. The standard InChI is InChI=1S/C9H6ClF2NS/c10-5-1-4-2-7(13)14-8(4)6(3-5)9(11)12/h1-3,9H,13H2. The number of rotatable bonds is 1. The lowest BCUT2D eigenvalue weighted by Gasteiger charge is -2.01. The molecule has 74 valence electrons. The number of fused-ring (bicyclic) bond motifs is 1. The van der Waals surface area contributed by atoms with Crippen molar-refractivity contribution in [3.63, 3.8) is 0 Å². The molecule has 0 spiro atoms. The Hall–Kier alpha value is -0.870. The van der Waals surface area contributed by atoms with Gasteiger partial charge in [0.2, 0.25) is 0 Å². The maximum absolute atomic E-state index is 12.6. The van der Waals surface area contributed by atoms with Gasteiger partial charge < -0.3 is 5.73 Å². The van der Waals surface area contributed by atoms with E-state index in [9.17, 15) is 8.78 Å². The Labute approximate surface area is 88.1 Å². The molecule has 0 unspecified atom stereocenters. The van der Waals surface area contributed by atoms with Crippen LogP contribution in [0.2, 0.25) is 5.02 Å². The summed E-state index contributed by atoms with van der Waals surface area (Å²) in [5, 5.41) is 1.50. The normalized spacial score (nSPS) is 11.4. The maximum Gasteiger partial charge on any atom is 0.265 e. The van der Waals surface area contributed by atoms with Crippen LogP contribution < -0.4 is 5.73 Å². The molecule has 0 aliphatic carbocycles. The summed E-state index contributed by atoms with van der Waals surface area (Å²) >= 11 is 6.86. The van der Waals surface area contributed by atoms with Crippen molar-refractivity contribution >= 4 is 38.0 Å². The number of benzene rings is 1. The highest BCUT2D eigenvalue weighted by atomic mass is 35.5. The third-order valence-electron chi connectivity index (χ3n) is 1.86. The number of nitrogens with two attached hydrogens (primary N) is 1. The van der Waals surface area contributed by atoms with E-state index >= 15 is 0 Å². The molecule has 2 N–H and O–H groups in total. The fourth-order valence-electron chi connectivity index (χ4n) is 1.32. The highest BCUT2D eigenvalue weighted by Gasteiger charge is 2.14. The molecule has 2 aromatic rings. The molecule has 1 heterocycles. The molecular weight excluding hydrogens is 228 g/mol. The van der Waals surface area contributed by atoms with Crippen molar-refractivity contribution in [3.05, 3.63) is 28.8 Å². The molecule has 0 saturated heterocycles. The van der Waals surface area contributed by atoms with E-state index in [0.717, 1.165) is 11.3 Å². The molecule has 1 aromatic carbocycles. The van der Waals surface area contributed by atoms with Crippen molar-refractivity contribution < 1.29 is 8.78 Å². The zero-order valence-corrected chi connectivity index (χ0v) is 8.50. The number of nitrogen functional groups attached to an aromatic ring is 1. The van der Waals surface area contributed by atoms with Gasteiger partial charge in [0, 0.05) is 15.3 Å². The largest absolute Gasteiger partial charge is 0.391 e. The van der Waals surface area contributed by atoms with E-state index in [1.165, 1.54) is 6.07 Å². The van der Waals surface area contributed by atoms with Crippen molar-refractivity contribution in [3.8, 4) is 0 Å². The van der Waals surface area contributed by atoms with Gasteiger partial charge in [0.1, 0.15) is 0 Å². The smallest absolute Gasteiger partial charge is 0.265 e. The van der Waals surface area contributed by atoms with Crippen LogP contribution in [0.1, 0.15) is 12.0 Å². The van der Waals surface area contributed by atoms with Crippen LogP contribution in [0.15, 0.2) is 18.2 Å². The summed E-state index contributed by atoms with van der Waals surface area (Å²) in [6.45, 7) is 0. The van der Waals surface area contributed by atoms with Gasteiger partial charge in [0.05, 0.1) is 5.00 Å². The van der Waals surface area contributed by atoms with Gasteiger partial charge in [-0.15, -0.1) is 11.3 Å². The van der Waals surface area contributed by atoms with E-state index in [1.54, 1.807) is 12.1 Å². The molecule has 0 radical (unpaired) electrons. The summed E-state index contributed by atoms with van der Waals surface area (Å²) in [5.41, 5.74) is 5.49. The topological polar surface area (TPSA) is 26.0 Å². The molecule has 14 heavy (non-hydrogen) atoms. The summed E-state index contributed by atoms with van der Waals surface area (Å²) in [6.07, 6.45) is -2.52. The molecule has 1 nitrogen and oxygen atoms in total. The van der Waals surface area contributed by atoms with Crippen LogP contribution in [0.3, 0.4) is 0 Å². The quantitative estimate of drug-likeness (QED) is 0.789. The van der Waals surface area contributed by atoms with Crippen LogP contribution in [-0.4, -0.2) is 0 Å². The summed E-state index contributed by atoms with van der Waals surface area (Å²) in [7, 11) is 0. The van der Waals surface area contributed by atoms with Gasteiger partial charge in [-0.3, -0.25) is 0 Å². The van der Waals surface area contributed by atoms with Gasteiger partial charge in [0.15, 0.2) is 0 Å². The van der Waals surface area contributed by atoms with E-state index in [0.29, 0.717) is 20.1 Å². The van der Waals surface area contributed by atoms with Gasteiger partial charge >= 0.3 is 0 Å². The van der Waals surface area contributed by atoms with Crippen LogP contribution in [-0.2, 0) is 0 Å². The highest BCUT2D eigenvalue weighted by molar-refractivity contribution is 7.22. The van der Waals surface area contributed by atoms with Crippen molar-refractivity contribution in [2.24, 2.45) is 0 Å². The van der Waals surface area contributed by atoms with E-state index in [4.69, 9.17) is 17.3 Å². The predicted molar refractivity (Wildman–Crippen MR) is 56.2 cm³/mol.